The van der Waals surface area contributed by atoms with Crippen molar-refractivity contribution >= 4 is 27.5 Å². The van der Waals surface area contributed by atoms with Gasteiger partial charge in [-0.3, -0.25) is 4.79 Å². The van der Waals surface area contributed by atoms with E-state index in [4.69, 9.17) is 4.98 Å². The summed E-state index contributed by atoms with van der Waals surface area (Å²) in [5.74, 6) is 0.207. The molecular formula is C23H30N4OS+2. The van der Waals surface area contributed by atoms with E-state index >= 15 is 0 Å². The summed E-state index contributed by atoms with van der Waals surface area (Å²) in [6.45, 7) is 8.08. The number of hydrogen-bond acceptors (Lipinski definition) is 3. The maximum atomic E-state index is 12.9. The molecule has 0 unspecified atom stereocenters. The van der Waals surface area contributed by atoms with Crippen LogP contribution in [0.4, 0.5) is 0 Å². The van der Waals surface area contributed by atoms with Crippen LogP contribution in [0.5, 0.6) is 0 Å². The van der Waals surface area contributed by atoms with E-state index < -0.39 is 0 Å². The van der Waals surface area contributed by atoms with Crippen LogP contribution in [0.3, 0.4) is 0 Å². The van der Waals surface area contributed by atoms with Gasteiger partial charge in [0.05, 0.1) is 16.3 Å². The lowest BCUT2D eigenvalue weighted by Gasteiger charge is -2.31. The number of para-hydroxylation sites is 1. The molecule has 1 aromatic heterocycles. The third kappa shape index (κ3) is 4.83. The number of quaternary nitrogens is 2. The van der Waals surface area contributed by atoms with Crippen LogP contribution in [-0.2, 0) is 11.3 Å². The van der Waals surface area contributed by atoms with Crippen molar-refractivity contribution in [3.63, 3.8) is 0 Å². The fourth-order valence-electron chi connectivity index (χ4n) is 3.98. The molecular weight excluding hydrogens is 380 g/mol. The van der Waals surface area contributed by atoms with E-state index in [1.54, 1.807) is 16.2 Å². The molecule has 1 fully saturated rings. The lowest BCUT2D eigenvalue weighted by Crippen LogP contribution is -3.28. The van der Waals surface area contributed by atoms with Gasteiger partial charge in [0.15, 0.2) is 6.54 Å². The predicted molar refractivity (Wildman–Crippen MR) is 117 cm³/mol. The zero-order valence-corrected chi connectivity index (χ0v) is 18.0. The van der Waals surface area contributed by atoms with Crippen LogP contribution in [-0.4, -0.2) is 55.6 Å². The highest BCUT2D eigenvalue weighted by Crippen LogP contribution is 2.28. The van der Waals surface area contributed by atoms with Gasteiger partial charge in [-0.25, -0.2) is 4.98 Å². The van der Waals surface area contributed by atoms with Crippen molar-refractivity contribution in [1.82, 2.24) is 9.88 Å². The predicted octanol–water partition coefficient (Wildman–Crippen LogP) is 0.799. The Bertz CT molecular complexity index is 917. The number of hydrogen-bond donors (Lipinski definition) is 2. The van der Waals surface area contributed by atoms with Crippen molar-refractivity contribution in [2.45, 2.75) is 19.5 Å². The van der Waals surface area contributed by atoms with Gasteiger partial charge in [0.2, 0.25) is 0 Å². The molecule has 0 bridgehead atoms. The summed E-state index contributed by atoms with van der Waals surface area (Å²) in [5.41, 5.74) is 2.41. The number of benzene rings is 2. The van der Waals surface area contributed by atoms with Crippen LogP contribution in [0.25, 0.3) is 10.2 Å². The van der Waals surface area contributed by atoms with Crippen LogP contribution in [0.2, 0.25) is 0 Å². The third-order valence-corrected chi connectivity index (χ3v) is 7.21. The largest absolute Gasteiger partial charge is 0.332 e. The highest BCUT2D eigenvalue weighted by Gasteiger charge is 2.28. The van der Waals surface area contributed by atoms with E-state index in [0.717, 1.165) is 43.2 Å². The lowest BCUT2D eigenvalue weighted by molar-refractivity contribution is -1.02. The number of nitrogens with one attached hydrogen (secondary N) is 2. The average molecular weight is 411 g/mol. The van der Waals surface area contributed by atoms with E-state index in [9.17, 15) is 4.79 Å². The number of nitrogens with zero attached hydrogens (tertiary/aromatic N) is 2. The van der Waals surface area contributed by atoms with Gasteiger partial charge in [0, 0.05) is 12.6 Å². The molecule has 0 radical (unpaired) electrons. The van der Waals surface area contributed by atoms with Crippen molar-refractivity contribution in [2.24, 2.45) is 0 Å². The van der Waals surface area contributed by atoms with Gasteiger partial charge in [0.25, 0.3) is 5.91 Å². The molecule has 5 nitrogen and oxygen atoms in total. The molecule has 2 N–H and O–H groups in total. The molecule has 4 rings (SSSR count). The molecule has 2 aromatic carbocycles. The Balaban J connectivity index is 1.29. The molecule has 1 atom stereocenters. The summed E-state index contributed by atoms with van der Waals surface area (Å²) in [5, 5.41) is 1.01. The van der Waals surface area contributed by atoms with Crippen LogP contribution in [0, 0.1) is 0 Å². The minimum Gasteiger partial charge on any atom is -0.332 e. The number of fused-ring (bicyclic) bond motifs is 1. The number of carbonyl (C=O) groups excluding carboxylic acids is 1. The number of rotatable bonds is 6. The molecule has 0 aliphatic carbocycles. The molecule has 0 spiro atoms. The Kier molecular flexibility index (Phi) is 6.23. The highest BCUT2D eigenvalue weighted by atomic mass is 32.1. The fourth-order valence-corrected chi connectivity index (χ4v) is 5.05. The maximum Gasteiger partial charge on any atom is 0.278 e. The van der Waals surface area contributed by atoms with E-state index in [1.807, 2.05) is 30.1 Å². The monoisotopic (exact) mass is 410 g/mol. The number of carbonyl (C=O) groups is 1. The van der Waals surface area contributed by atoms with E-state index in [2.05, 4.69) is 43.3 Å². The number of likely N-dealkylation sites (N-methyl/N-ethyl adjacent to an activating group) is 1. The second kappa shape index (κ2) is 9.03. The Hall–Kier alpha value is -2.28. The molecule has 152 valence electrons. The van der Waals surface area contributed by atoms with E-state index in [1.165, 1.54) is 15.2 Å². The first-order valence-corrected chi connectivity index (χ1v) is 11.2. The minimum atomic E-state index is 0.00398. The summed E-state index contributed by atoms with van der Waals surface area (Å²) in [7, 11) is 1.91. The summed E-state index contributed by atoms with van der Waals surface area (Å²) in [6.07, 6.45) is 0. The van der Waals surface area contributed by atoms with Crippen LogP contribution >= 0.6 is 11.3 Å². The molecule has 1 amide bonds. The minimum absolute atomic E-state index is 0.00398. The van der Waals surface area contributed by atoms with Crippen LogP contribution < -0.4 is 9.80 Å². The SMILES string of the molecule is C[C@H](c1nc2ccccc2s1)N(C)C(=O)C[NH+]1CC[NH+](Cc2ccccc2)CC1. The molecule has 6 heteroatoms. The fraction of sp³-hybridized carbons (Fsp3) is 0.391. The topological polar surface area (TPSA) is 42.1 Å². The van der Waals surface area contributed by atoms with Gasteiger partial charge in [-0.15, -0.1) is 11.3 Å². The van der Waals surface area contributed by atoms with E-state index in [-0.39, 0.29) is 11.9 Å². The second-order valence-corrected chi connectivity index (χ2v) is 9.10. The van der Waals surface area contributed by atoms with Gasteiger partial charge < -0.3 is 14.7 Å². The zero-order chi connectivity index (χ0) is 20.2. The van der Waals surface area contributed by atoms with Crippen molar-refractivity contribution in [1.29, 1.82) is 0 Å². The molecule has 1 aliphatic rings. The zero-order valence-electron chi connectivity index (χ0n) is 17.2. The Morgan fingerprint density at radius 3 is 2.41 bits per heavy atom. The van der Waals surface area contributed by atoms with Crippen molar-refractivity contribution in [3.8, 4) is 0 Å². The summed E-state index contributed by atoms with van der Waals surface area (Å²) in [4.78, 5) is 22.5. The quantitative estimate of drug-likeness (QED) is 0.631. The molecule has 1 aliphatic heterocycles. The Morgan fingerprint density at radius 2 is 1.69 bits per heavy atom. The number of thiazole rings is 1. The van der Waals surface area contributed by atoms with Gasteiger partial charge >= 0.3 is 0 Å². The van der Waals surface area contributed by atoms with Crippen LogP contribution in [0.15, 0.2) is 54.6 Å². The molecule has 2 heterocycles. The van der Waals surface area contributed by atoms with Crippen molar-refractivity contribution < 1.29 is 14.6 Å². The third-order valence-electron chi connectivity index (χ3n) is 6.00. The van der Waals surface area contributed by atoms with Crippen LogP contribution in [0.1, 0.15) is 23.5 Å². The summed E-state index contributed by atoms with van der Waals surface area (Å²) in [6, 6.07) is 18.9. The molecule has 29 heavy (non-hydrogen) atoms. The first-order chi connectivity index (χ1) is 14.1. The van der Waals surface area contributed by atoms with Gasteiger partial charge in [-0.2, -0.15) is 0 Å². The number of amides is 1. The lowest BCUT2D eigenvalue weighted by atomic mass is 10.2. The molecule has 0 saturated carbocycles. The number of piperazine rings is 1. The van der Waals surface area contributed by atoms with Gasteiger partial charge in [-0.1, -0.05) is 42.5 Å². The Morgan fingerprint density at radius 1 is 1.03 bits per heavy atom. The Labute approximate surface area is 176 Å². The van der Waals surface area contributed by atoms with E-state index in [0.29, 0.717) is 6.54 Å². The highest BCUT2D eigenvalue weighted by molar-refractivity contribution is 7.18. The van der Waals surface area contributed by atoms with Gasteiger partial charge in [-0.05, 0) is 19.1 Å². The first kappa shape index (κ1) is 20.0. The second-order valence-electron chi connectivity index (χ2n) is 8.04. The standard InChI is InChI=1S/C23H28N4OS/c1-18(23-24-20-10-6-7-11-21(20)29-23)25(2)22(28)17-27-14-12-26(13-15-27)16-19-8-4-3-5-9-19/h3-11,18H,12-17H2,1-2H3/p+2/t18-/m1/s1. The maximum absolute atomic E-state index is 12.9. The normalized spacial score (nSPS) is 20.5. The summed E-state index contributed by atoms with van der Waals surface area (Å²) < 4.78 is 1.18. The summed E-state index contributed by atoms with van der Waals surface area (Å²) >= 11 is 1.68. The van der Waals surface area contributed by atoms with Gasteiger partial charge in [0.1, 0.15) is 37.7 Å². The molecule has 1 saturated heterocycles. The first-order valence-electron chi connectivity index (χ1n) is 10.4. The average Bonchev–Trinajstić information content (AvgIpc) is 3.19. The molecule has 3 aromatic rings. The smallest absolute Gasteiger partial charge is 0.278 e. The number of aromatic nitrogens is 1. The van der Waals surface area contributed by atoms with Crippen molar-refractivity contribution in [2.75, 3.05) is 39.8 Å². The van der Waals surface area contributed by atoms with Crippen molar-refractivity contribution in [3.05, 3.63) is 65.2 Å².